The maximum atomic E-state index is 4.76. The van der Waals surface area contributed by atoms with Crippen molar-refractivity contribution in [3.05, 3.63) is 85.5 Å². The van der Waals surface area contributed by atoms with E-state index in [4.69, 9.17) is 9.97 Å². The van der Waals surface area contributed by atoms with Crippen LogP contribution in [-0.2, 0) is 25.7 Å². The van der Waals surface area contributed by atoms with E-state index in [0.717, 1.165) is 53.8 Å². The summed E-state index contributed by atoms with van der Waals surface area (Å²) in [6.45, 7) is 15.3. The van der Waals surface area contributed by atoms with Gasteiger partial charge in [-0.1, -0.05) is 24.3 Å². The van der Waals surface area contributed by atoms with Crippen molar-refractivity contribution in [1.29, 1.82) is 0 Å². The summed E-state index contributed by atoms with van der Waals surface area (Å²) in [6.07, 6.45) is 10.5. The highest BCUT2D eigenvalue weighted by Crippen LogP contribution is 2.25. The number of allylic oxidation sites excluding steroid dienone is 4. The lowest BCUT2D eigenvalue weighted by Gasteiger charge is -2.12. The smallest absolute Gasteiger partial charge is 0.0541 e. The Balaban J connectivity index is 2.76. The molecule has 0 aliphatic rings. The molecule has 0 spiro atoms. The van der Waals surface area contributed by atoms with E-state index < -0.39 is 0 Å². The predicted octanol–water partition coefficient (Wildman–Crippen LogP) is 4.54. The maximum absolute atomic E-state index is 4.76. The molecule has 0 atom stereocenters. The number of rotatable bonds is 8. The summed E-state index contributed by atoms with van der Waals surface area (Å²) in [7, 11) is 0. The van der Waals surface area contributed by atoms with Crippen LogP contribution in [0.4, 0.5) is 0 Å². The third-order valence-electron chi connectivity index (χ3n) is 3.45. The van der Waals surface area contributed by atoms with Crippen molar-refractivity contribution in [2.45, 2.75) is 25.7 Å². The fourth-order valence-corrected chi connectivity index (χ4v) is 2.64. The van der Waals surface area contributed by atoms with Crippen LogP contribution in [0, 0.1) is 0 Å². The van der Waals surface area contributed by atoms with Gasteiger partial charge >= 0.3 is 0 Å². The summed E-state index contributed by atoms with van der Waals surface area (Å²) in [5.41, 5.74) is 4.11. The second kappa shape index (κ2) is 7.51. The Morgan fingerprint density at radius 2 is 1.09 bits per heavy atom. The van der Waals surface area contributed by atoms with E-state index in [1.165, 1.54) is 5.39 Å². The van der Waals surface area contributed by atoms with E-state index in [1.807, 2.05) is 24.3 Å². The summed E-state index contributed by atoms with van der Waals surface area (Å²) in [5.74, 6) is 0. The Hall–Kier alpha value is -2.48. The third kappa shape index (κ3) is 3.40. The van der Waals surface area contributed by atoms with Gasteiger partial charge in [0.2, 0.25) is 0 Å². The Bertz CT molecular complexity index is 667. The SMILES string of the molecule is C=CCc1cc2cc(CC=C)nc(CC=C)c2c(CC=C)n1. The van der Waals surface area contributed by atoms with Crippen LogP contribution < -0.4 is 0 Å². The normalized spacial score (nSPS) is 10.4. The van der Waals surface area contributed by atoms with E-state index in [2.05, 4.69) is 38.4 Å². The van der Waals surface area contributed by atoms with Crippen molar-refractivity contribution >= 4 is 10.8 Å². The summed E-state index contributed by atoms with van der Waals surface area (Å²) >= 11 is 0. The van der Waals surface area contributed by atoms with Crippen LogP contribution in [0.15, 0.2) is 62.8 Å². The van der Waals surface area contributed by atoms with E-state index in [0.29, 0.717) is 0 Å². The highest BCUT2D eigenvalue weighted by Gasteiger charge is 2.11. The quantitative estimate of drug-likeness (QED) is 0.667. The number of hydrogen-bond acceptors (Lipinski definition) is 2. The molecule has 2 nitrogen and oxygen atoms in total. The van der Waals surface area contributed by atoms with Gasteiger partial charge in [0.15, 0.2) is 0 Å². The van der Waals surface area contributed by atoms with Gasteiger partial charge in [0, 0.05) is 42.5 Å². The zero-order valence-corrected chi connectivity index (χ0v) is 13.0. The zero-order valence-electron chi connectivity index (χ0n) is 13.0. The van der Waals surface area contributed by atoms with Crippen molar-refractivity contribution in [2.24, 2.45) is 0 Å². The van der Waals surface area contributed by atoms with Crippen LogP contribution in [0.3, 0.4) is 0 Å². The first-order chi connectivity index (χ1) is 10.7. The fraction of sp³-hybridized carbons (Fsp3) is 0.200. The lowest BCUT2D eigenvalue weighted by molar-refractivity contribution is 1.01. The van der Waals surface area contributed by atoms with Gasteiger partial charge in [-0.25, -0.2) is 0 Å². The van der Waals surface area contributed by atoms with Crippen molar-refractivity contribution in [3.63, 3.8) is 0 Å². The summed E-state index contributed by atoms with van der Waals surface area (Å²) < 4.78 is 0. The molecule has 0 bridgehead atoms. The molecule has 0 aromatic carbocycles. The zero-order chi connectivity index (χ0) is 15.9. The highest BCUT2D eigenvalue weighted by molar-refractivity contribution is 5.88. The van der Waals surface area contributed by atoms with Crippen molar-refractivity contribution in [1.82, 2.24) is 9.97 Å². The first-order valence-electron chi connectivity index (χ1n) is 7.48. The van der Waals surface area contributed by atoms with Gasteiger partial charge in [-0.2, -0.15) is 0 Å². The minimum Gasteiger partial charge on any atom is -0.256 e. The fourth-order valence-electron chi connectivity index (χ4n) is 2.64. The van der Waals surface area contributed by atoms with Gasteiger partial charge in [0.1, 0.15) is 0 Å². The second-order valence-electron chi connectivity index (χ2n) is 5.19. The Kier molecular flexibility index (Phi) is 5.42. The first kappa shape index (κ1) is 15.9. The van der Waals surface area contributed by atoms with Gasteiger partial charge < -0.3 is 0 Å². The van der Waals surface area contributed by atoms with Gasteiger partial charge in [-0.05, 0) is 17.5 Å². The van der Waals surface area contributed by atoms with Gasteiger partial charge in [-0.15, -0.1) is 26.3 Å². The molecule has 2 aromatic heterocycles. The van der Waals surface area contributed by atoms with E-state index in [-0.39, 0.29) is 0 Å². The summed E-state index contributed by atoms with van der Waals surface area (Å²) in [6, 6.07) is 4.26. The largest absolute Gasteiger partial charge is 0.256 e. The molecular weight excluding hydrogens is 268 g/mol. The van der Waals surface area contributed by atoms with E-state index in [9.17, 15) is 0 Å². The van der Waals surface area contributed by atoms with Crippen LogP contribution in [-0.4, -0.2) is 9.97 Å². The number of nitrogens with zero attached hydrogens (tertiary/aromatic N) is 2. The van der Waals surface area contributed by atoms with Crippen LogP contribution in [0.2, 0.25) is 0 Å². The molecule has 0 N–H and O–H groups in total. The number of pyridine rings is 2. The molecule has 0 radical (unpaired) electrons. The number of fused-ring (bicyclic) bond motifs is 1. The lowest BCUT2D eigenvalue weighted by Crippen LogP contribution is -2.03. The van der Waals surface area contributed by atoms with Gasteiger partial charge in [-0.3, -0.25) is 9.97 Å². The second-order valence-corrected chi connectivity index (χ2v) is 5.19. The van der Waals surface area contributed by atoms with Crippen molar-refractivity contribution in [3.8, 4) is 0 Å². The standard InChI is InChI=1S/C20H22N2/c1-5-9-16-13-15-14-17(10-6-2)22-19(12-8-4)20(15)18(21-16)11-7-3/h5-8,13-14H,1-4,9-12H2. The molecule has 0 aliphatic heterocycles. The van der Waals surface area contributed by atoms with Crippen molar-refractivity contribution < 1.29 is 0 Å². The molecule has 0 aliphatic carbocycles. The topological polar surface area (TPSA) is 25.8 Å². The molecule has 0 saturated carbocycles. The summed E-state index contributed by atoms with van der Waals surface area (Å²) in [5, 5.41) is 2.30. The molecule has 2 aromatic rings. The summed E-state index contributed by atoms with van der Waals surface area (Å²) in [4.78, 5) is 9.52. The minimum atomic E-state index is 0.730. The molecular formula is C20H22N2. The molecule has 112 valence electrons. The molecule has 2 heteroatoms. The van der Waals surface area contributed by atoms with Crippen LogP contribution in [0.1, 0.15) is 22.8 Å². The Morgan fingerprint density at radius 1 is 0.682 bits per heavy atom. The first-order valence-corrected chi connectivity index (χ1v) is 7.48. The van der Waals surface area contributed by atoms with Crippen molar-refractivity contribution in [2.75, 3.05) is 0 Å². The average Bonchev–Trinajstić information content (AvgIpc) is 2.48. The van der Waals surface area contributed by atoms with Crippen LogP contribution in [0.5, 0.6) is 0 Å². The monoisotopic (exact) mass is 290 g/mol. The molecule has 0 amide bonds. The number of hydrogen-bond donors (Lipinski definition) is 0. The van der Waals surface area contributed by atoms with E-state index >= 15 is 0 Å². The van der Waals surface area contributed by atoms with E-state index in [1.54, 1.807) is 0 Å². The highest BCUT2D eigenvalue weighted by atomic mass is 14.8. The van der Waals surface area contributed by atoms with Gasteiger partial charge in [0.05, 0.1) is 11.4 Å². The maximum Gasteiger partial charge on any atom is 0.0541 e. The molecule has 2 heterocycles. The predicted molar refractivity (Wildman–Crippen MR) is 95.1 cm³/mol. The van der Waals surface area contributed by atoms with Gasteiger partial charge in [0.25, 0.3) is 0 Å². The number of aromatic nitrogens is 2. The van der Waals surface area contributed by atoms with Crippen LogP contribution in [0.25, 0.3) is 10.8 Å². The van der Waals surface area contributed by atoms with Crippen LogP contribution >= 0.6 is 0 Å². The molecule has 0 saturated heterocycles. The molecule has 22 heavy (non-hydrogen) atoms. The average molecular weight is 290 g/mol. The lowest BCUT2D eigenvalue weighted by atomic mass is 10.0. The Morgan fingerprint density at radius 3 is 1.45 bits per heavy atom. The molecule has 2 rings (SSSR count). The third-order valence-corrected chi connectivity index (χ3v) is 3.45. The Labute approximate surface area is 132 Å². The molecule has 0 fully saturated rings. The minimum absolute atomic E-state index is 0.730. The molecule has 0 unspecified atom stereocenters.